The number of rotatable bonds is 7. The highest BCUT2D eigenvalue weighted by molar-refractivity contribution is 7.89. The summed E-state index contributed by atoms with van der Waals surface area (Å²) >= 11 is 0. The van der Waals surface area contributed by atoms with Crippen molar-refractivity contribution in [2.75, 3.05) is 5.75 Å². The summed E-state index contributed by atoms with van der Waals surface area (Å²) in [4.78, 5) is 10.2. The smallest absolute Gasteiger partial charge is 0.303 e. The molecule has 1 rings (SSSR count). The zero-order valence-corrected chi connectivity index (χ0v) is 10.1. The molecule has 0 atom stereocenters. The van der Waals surface area contributed by atoms with Crippen molar-refractivity contribution >= 4 is 16.0 Å². The molecule has 0 aliphatic carbocycles. The van der Waals surface area contributed by atoms with Gasteiger partial charge in [-0.2, -0.15) is 0 Å². The quantitative estimate of drug-likeness (QED) is 0.762. The summed E-state index contributed by atoms with van der Waals surface area (Å²) in [6, 6.07) is 9.15. The monoisotopic (exact) mass is 257 g/mol. The van der Waals surface area contributed by atoms with Crippen LogP contribution < -0.4 is 4.72 Å². The van der Waals surface area contributed by atoms with Gasteiger partial charge in [-0.25, -0.2) is 13.1 Å². The van der Waals surface area contributed by atoms with Gasteiger partial charge in [-0.3, -0.25) is 4.79 Å². The first-order valence-corrected chi connectivity index (χ1v) is 6.88. The highest BCUT2D eigenvalue weighted by Crippen LogP contribution is 2.00. The maximum atomic E-state index is 11.5. The Morgan fingerprint density at radius 2 is 1.88 bits per heavy atom. The van der Waals surface area contributed by atoms with Crippen LogP contribution in [0.4, 0.5) is 0 Å². The van der Waals surface area contributed by atoms with Gasteiger partial charge >= 0.3 is 5.97 Å². The Morgan fingerprint density at radius 1 is 1.24 bits per heavy atom. The lowest BCUT2D eigenvalue weighted by molar-refractivity contribution is -0.137. The molecule has 0 amide bonds. The normalized spacial score (nSPS) is 11.3. The SMILES string of the molecule is O=C(O)CCCS(=O)(=O)NCc1ccccc1. The van der Waals surface area contributed by atoms with Gasteiger partial charge in [0.1, 0.15) is 0 Å². The zero-order chi connectivity index (χ0) is 12.7. The Morgan fingerprint density at radius 3 is 2.47 bits per heavy atom. The number of hydrogen-bond donors (Lipinski definition) is 2. The minimum absolute atomic E-state index is 0.124. The minimum atomic E-state index is -3.39. The highest BCUT2D eigenvalue weighted by atomic mass is 32.2. The Labute approximate surface area is 101 Å². The molecule has 0 aliphatic rings. The van der Waals surface area contributed by atoms with Crippen molar-refractivity contribution in [3.05, 3.63) is 35.9 Å². The summed E-state index contributed by atoms with van der Waals surface area (Å²) < 4.78 is 25.4. The molecule has 6 heteroatoms. The van der Waals surface area contributed by atoms with Crippen LogP contribution in [0.5, 0.6) is 0 Å². The van der Waals surface area contributed by atoms with Gasteiger partial charge < -0.3 is 5.11 Å². The second-order valence-corrected chi connectivity index (χ2v) is 5.55. The molecule has 5 nitrogen and oxygen atoms in total. The van der Waals surface area contributed by atoms with Crippen LogP contribution in [0.15, 0.2) is 30.3 Å². The molecular weight excluding hydrogens is 242 g/mol. The van der Waals surface area contributed by atoms with E-state index in [4.69, 9.17) is 5.11 Å². The van der Waals surface area contributed by atoms with Crippen LogP contribution >= 0.6 is 0 Å². The summed E-state index contributed by atoms with van der Waals surface area (Å²) in [6.07, 6.45) is -0.00823. The molecule has 0 bridgehead atoms. The average Bonchev–Trinajstić information content (AvgIpc) is 2.27. The number of hydrogen-bond acceptors (Lipinski definition) is 3. The number of carboxylic acid groups (broad SMARTS) is 1. The van der Waals surface area contributed by atoms with E-state index in [0.29, 0.717) is 0 Å². The average molecular weight is 257 g/mol. The largest absolute Gasteiger partial charge is 0.481 e. The molecule has 17 heavy (non-hydrogen) atoms. The van der Waals surface area contributed by atoms with Crippen molar-refractivity contribution in [1.29, 1.82) is 0 Å². The van der Waals surface area contributed by atoms with Gasteiger partial charge in [0, 0.05) is 13.0 Å². The van der Waals surface area contributed by atoms with E-state index >= 15 is 0 Å². The second-order valence-electron chi connectivity index (χ2n) is 3.62. The number of carbonyl (C=O) groups is 1. The van der Waals surface area contributed by atoms with E-state index in [1.165, 1.54) is 0 Å². The highest BCUT2D eigenvalue weighted by Gasteiger charge is 2.10. The Balaban J connectivity index is 2.37. The van der Waals surface area contributed by atoms with Gasteiger partial charge in [0.05, 0.1) is 5.75 Å². The van der Waals surface area contributed by atoms with Gasteiger partial charge in [-0.15, -0.1) is 0 Å². The lowest BCUT2D eigenvalue weighted by Crippen LogP contribution is -2.26. The first-order chi connectivity index (χ1) is 7.99. The fourth-order valence-corrected chi connectivity index (χ4v) is 2.33. The van der Waals surface area contributed by atoms with Gasteiger partial charge in [0.2, 0.25) is 10.0 Å². The second kappa shape index (κ2) is 6.36. The van der Waals surface area contributed by atoms with E-state index in [1.54, 1.807) is 0 Å². The maximum Gasteiger partial charge on any atom is 0.303 e. The van der Waals surface area contributed by atoms with Crippen molar-refractivity contribution < 1.29 is 18.3 Å². The summed E-state index contributed by atoms with van der Waals surface area (Å²) in [5.41, 5.74) is 0.870. The van der Waals surface area contributed by atoms with Crippen LogP contribution in [0.25, 0.3) is 0 Å². The van der Waals surface area contributed by atoms with E-state index in [2.05, 4.69) is 4.72 Å². The van der Waals surface area contributed by atoms with E-state index in [0.717, 1.165) is 5.56 Å². The van der Waals surface area contributed by atoms with Crippen LogP contribution in [-0.2, 0) is 21.4 Å². The maximum absolute atomic E-state index is 11.5. The van der Waals surface area contributed by atoms with Gasteiger partial charge in [0.25, 0.3) is 0 Å². The Hall–Kier alpha value is -1.40. The molecule has 0 aliphatic heterocycles. The number of aliphatic carboxylic acids is 1. The minimum Gasteiger partial charge on any atom is -0.481 e. The molecule has 0 fully saturated rings. The van der Waals surface area contributed by atoms with E-state index < -0.39 is 16.0 Å². The summed E-state index contributed by atoms with van der Waals surface area (Å²) in [5.74, 6) is -1.14. The zero-order valence-electron chi connectivity index (χ0n) is 9.30. The Bertz CT molecular complexity index is 456. The van der Waals surface area contributed by atoms with Crippen LogP contribution in [0.3, 0.4) is 0 Å². The fraction of sp³-hybridized carbons (Fsp3) is 0.364. The fourth-order valence-electron chi connectivity index (χ4n) is 1.27. The molecule has 1 aromatic rings. The molecule has 0 saturated heterocycles. The van der Waals surface area contributed by atoms with Crippen molar-refractivity contribution in [3.8, 4) is 0 Å². The predicted molar refractivity (Wildman–Crippen MR) is 63.9 cm³/mol. The lowest BCUT2D eigenvalue weighted by atomic mass is 10.2. The van der Waals surface area contributed by atoms with Crippen LogP contribution in [0, 0.1) is 0 Å². The molecule has 0 spiro atoms. The van der Waals surface area contributed by atoms with Crippen molar-refractivity contribution in [2.24, 2.45) is 0 Å². The molecule has 94 valence electrons. The van der Waals surface area contributed by atoms with Crippen molar-refractivity contribution in [1.82, 2.24) is 4.72 Å². The number of nitrogens with one attached hydrogen (secondary N) is 1. The molecule has 1 aromatic carbocycles. The molecule has 2 N–H and O–H groups in total. The van der Waals surface area contributed by atoms with E-state index in [1.807, 2.05) is 30.3 Å². The van der Waals surface area contributed by atoms with Crippen molar-refractivity contribution in [2.45, 2.75) is 19.4 Å². The third kappa shape index (κ3) is 6.03. The van der Waals surface area contributed by atoms with E-state index in [-0.39, 0.29) is 25.1 Å². The number of carboxylic acids is 1. The van der Waals surface area contributed by atoms with E-state index in [9.17, 15) is 13.2 Å². The molecule has 0 heterocycles. The molecule has 0 saturated carbocycles. The van der Waals surface area contributed by atoms with Gasteiger partial charge in [0.15, 0.2) is 0 Å². The number of benzene rings is 1. The van der Waals surface area contributed by atoms with Crippen LogP contribution in [-0.4, -0.2) is 25.2 Å². The Kier molecular flexibility index (Phi) is 5.11. The summed E-state index contributed by atoms with van der Waals surface area (Å²) in [5, 5.41) is 8.40. The first-order valence-electron chi connectivity index (χ1n) is 5.23. The van der Waals surface area contributed by atoms with Crippen LogP contribution in [0.1, 0.15) is 18.4 Å². The van der Waals surface area contributed by atoms with Crippen molar-refractivity contribution in [3.63, 3.8) is 0 Å². The molecular formula is C11H15NO4S. The third-order valence-electron chi connectivity index (χ3n) is 2.14. The lowest BCUT2D eigenvalue weighted by Gasteiger charge is -2.05. The summed E-state index contributed by atoms with van der Waals surface area (Å²) in [6.45, 7) is 0.232. The van der Waals surface area contributed by atoms with Gasteiger partial charge in [-0.05, 0) is 12.0 Å². The molecule has 0 aromatic heterocycles. The number of sulfonamides is 1. The van der Waals surface area contributed by atoms with Gasteiger partial charge in [-0.1, -0.05) is 30.3 Å². The first kappa shape index (κ1) is 13.7. The standard InChI is InChI=1S/C11H15NO4S/c13-11(14)7-4-8-17(15,16)12-9-10-5-2-1-3-6-10/h1-3,5-6,12H,4,7-9H2,(H,13,14). The topological polar surface area (TPSA) is 83.5 Å². The van der Waals surface area contributed by atoms with Crippen LogP contribution in [0.2, 0.25) is 0 Å². The predicted octanol–water partition coefficient (Wildman–Crippen LogP) is 0.971. The third-order valence-corrected chi connectivity index (χ3v) is 3.55. The molecule has 0 radical (unpaired) electrons. The molecule has 0 unspecified atom stereocenters. The summed E-state index contributed by atoms with van der Waals surface area (Å²) in [7, 11) is -3.39.